The molecule has 1 rings (SSSR count). The van der Waals surface area contributed by atoms with Crippen molar-refractivity contribution in [2.45, 2.75) is 18.7 Å². The van der Waals surface area contributed by atoms with E-state index in [1.807, 2.05) is 19.1 Å². The van der Waals surface area contributed by atoms with Crippen LogP contribution in [-0.2, 0) is 10.1 Å². The van der Waals surface area contributed by atoms with Gasteiger partial charge in [-0.1, -0.05) is 15.9 Å². The Morgan fingerprint density at radius 1 is 1.22 bits per heavy atom. The minimum absolute atomic E-state index is 0.614. The summed E-state index contributed by atoms with van der Waals surface area (Å²) in [6.07, 6.45) is 0.865. The van der Waals surface area contributed by atoms with Crippen molar-refractivity contribution in [3.8, 4) is 11.5 Å². The van der Waals surface area contributed by atoms with E-state index >= 15 is 0 Å². The van der Waals surface area contributed by atoms with Crippen LogP contribution in [-0.4, -0.2) is 26.9 Å². The third kappa shape index (κ3) is 4.78. The van der Waals surface area contributed by atoms with Gasteiger partial charge in [0.2, 0.25) is 0 Å². The molecule has 1 aromatic rings. The fraction of sp³-hybridized carbons (Fsp3) is 0.538. The van der Waals surface area contributed by atoms with Crippen LogP contribution in [0.5, 0.6) is 11.5 Å². The number of methoxy groups -OCH3 is 1. The van der Waals surface area contributed by atoms with Crippen LogP contribution in [0.4, 0.5) is 0 Å². The molecule has 0 atom stereocenters. The van der Waals surface area contributed by atoms with E-state index < -0.39 is 0 Å². The lowest BCUT2D eigenvalue weighted by atomic mass is 10.2. The average Bonchev–Trinajstić information content (AvgIpc) is 2.39. The molecule has 18 heavy (non-hydrogen) atoms. The maximum absolute atomic E-state index is 5.74. The van der Waals surface area contributed by atoms with Gasteiger partial charge in [0.05, 0.1) is 18.2 Å². The van der Waals surface area contributed by atoms with E-state index in [0.717, 1.165) is 46.5 Å². The Balaban J connectivity index is 2.63. The standard InChI is InChI=1S/C13H18Br2O3/c1-3-17-5-4-6-18-13-11(15)7-10(9-14)8-12(13)16-2/h7-8H,3-6,9H2,1-2H3. The van der Waals surface area contributed by atoms with Crippen molar-refractivity contribution in [3.63, 3.8) is 0 Å². The first-order chi connectivity index (χ1) is 8.72. The van der Waals surface area contributed by atoms with Crippen molar-refractivity contribution >= 4 is 31.9 Å². The highest BCUT2D eigenvalue weighted by Gasteiger charge is 2.11. The van der Waals surface area contributed by atoms with Crippen molar-refractivity contribution in [1.82, 2.24) is 0 Å². The first kappa shape index (κ1) is 15.8. The molecule has 0 unspecified atom stereocenters. The molecule has 0 aliphatic carbocycles. The Bertz CT molecular complexity index is 369. The molecule has 0 N–H and O–H groups in total. The monoisotopic (exact) mass is 380 g/mol. The van der Waals surface area contributed by atoms with Gasteiger partial charge in [-0.2, -0.15) is 0 Å². The molecule has 1 aromatic carbocycles. The Morgan fingerprint density at radius 3 is 2.61 bits per heavy atom. The van der Waals surface area contributed by atoms with E-state index in [0.29, 0.717) is 6.61 Å². The molecule has 0 bridgehead atoms. The number of hydrogen-bond acceptors (Lipinski definition) is 3. The summed E-state index contributed by atoms with van der Waals surface area (Å²) in [5.74, 6) is 1.49. The molecule has 0 fully saturated rings. The molecule has 0 aliphatic rings. The molecule has 3 nitrogen and oxygen atoms in total. The van der Waals surface area contributed by atoms with Gasteiger partial charge in [-0.05, 0) is 40.5 Å². The van der Waals surface area contributed by atoms with Crippen molar-refractivity contribution in [2.75, 3.05) is 26.9 Å². The number of ether oxygens (including phenoxy) is 3. The van der Waals surface area contributed by atoms with Crippen LogP contribution in [0.15, 0.2) is 16.6 Å². The van der Waals surface area contributed by atoms with E-state index in [9.17, 15) is 0 Å². The fourth-order valence-corrected chi connectivity index (χ4v) is 2.40. The Morgan fingerprint density at radius 2 is 2.00 bits per heavy atom. The molecule has 0 heterocycles. The smallest absolute Gasteiger partial charge is 0.175 e. The number of alkyl halides is 1. The summed E-state index contributed by atoms with van der Waals surface area (Å²) in [5.41, 5.74) is 1.14. The van der Waals surface area contributed by atoms with Crippen molar-refractivity contribution in [3.05, 3.63) is 22.2 Å². The Hall–Kier alpha value is -0.260. The van der Waals surface area contributed by atoms with Gasteiger partial charge in [-0.15, -0.1) is 0 Å². The first-order valence-electron chi connectivity index (χ1n) is 5.85. The molecule has 0 amide bonds. The summed E-state index contributed by atoms with van der Waals surface area (Å²) in [6.45, 7) is 4.06. The molecule has 5 heteroatoms. The summed E-state index contributed by atoms with van der Waals surface area (Å²) in [7, 11) is 1.65. The quantitative estimate of drug-likeness (QED) is 0.499. The Labute approximate surface area is 125 Å². The zero-order valence-corrected chi connectivity index (χ0v) is 13.8. The normalized spacial score (nSPS) is 10.4. The number of rotatable bonds is 8. The zero-order chi connectivity index (χ0) is 13.4. The predicted octanol–water partition coefficient (Wildman–Crippen LogP) is 4.16. The van der Waals surface area contributed by atoms with Gasteiger partial charge in [0.25, 0.3) is 0 Å². The molecule has 0 spiro atoms. The second kappa shape index (κ2) is 8.77. The van der Waals surface area contributed by atoms with Crippen LogP contribution >= 0.6 is 31.9 Å². The second-order valence-corrected chi connectivity index (χ2v) is 5.06. The van der Waals surface area contributed by atoms with Crippen LogP contribution in [0.25, 0.3) is 0 Å². The zero-order valence-electron chi connectivity index (χ0n) is 10.7. The minimum atomic E-state index is 0.614. The maximum atomic E-state index is 5.74. The summed E-state index contributed by atoms with van der Waals surface area (Å²) >= 11 is 6.93. The van der Waals surface area contributed by atoms with Gasteiger partial charge >= 0.3 is 0 Å². The molecular weight excluding hydrogens is 364 g/mol. The average molecular weight is 382 g/mol. The molecule has 0 radical (unpaired) electrons. The van der Waals surface area contributed by atoms with Gasteiger partial charge < -0.3 is 14.2 Å². The largest absolute Gasteiger partial charge is 0.493 e. The summed E-state index contributed by atoms with van der Waals surface area (Å²) < 4.78 is 17.3. The van der Waals surface area contributed by atoms with Crippen LogP contribution in [0.1, 0.15) is 18.9 Å². The van der Waals surface area contributed by atoms with Gasteiger partial charge in [-0.3, -0.25) is 0 Å². The highest BCUT2D eigenvalue weighted by atomic mass is 79.9. The van der Waals surface area contributed by atoms with E-state index in [-0.39, 0.29) is 0 Å². The SMILES string of the molecule is CCOCCCOc1c(Br)cc(CBr)cc1OC. The molecular formula is C13H18Br2O3. The maximum Gasteiger partial charge on any atom is 0.175 e. The Kier molecular flexibility index (Phi) is 7.70. The van der Waals surface area contributed by atoms with E-state index in [1.54, 1.807) is 7.11 Å². The van der Waals surface area contributed by atoms with E-state index in [4.69, 9.17) is 14.2 Å². The molecule has 0 saturated heterocycles. The van der Waals surface area contributed by atoms with Gasteiger partial charge in [0, 0.05) is 25.0 Å². The van der Waals surface area contributed by atoms with Crippen molar-refractivity contribution < 1.29 is 14.2 Å². The molecule has 102 valence electrons. The molecule has 0 aromatic heterocycles. The van der Waals surface area contributed by atoms with Crippen molar-refractivity contribution in [2.24, 2.45) is 0 Å². The van der Waals surface area contributed by atoms with Gasteiger partial charge in [0.1, 0.15) is 0 Å². The van der Waals surface area contributed by atoms with Crippen LogP contribution in [0.3, 0.4) is 0 Å². The molecule has 0 aliphatic heterocycles. The second-order valence-electron chi connectivity index (χ2n) is 3.64. The van der Waals surface area contributed by atoms with Crippen LogP contribution in [0.2, 0.25) is 0 Å². The molecule has 0 saturated carbocycles. The van der Waals surface area contributed by atoms with Gasteiger partial charge in [0.15, 0.2) is 11.5 Å². The topological polar surface area (TPSA) is 27.7 Å². The highest BCUT2D eigenvalue weighted by molar-refractivity contribution is 9.10. The minimum Gasteiger partial charge on any atom is -0.493 e. The lowest BCUT2D eigenvalue weighted by molar-refractivity contribution is 0.130. The lowest BCUT2D eigenvalue weighted by Gasteiger charge is -2.13. The third-order valence-electron chi connectivity index (χ3n) is 2.33. The van der Waals surface area contributed by atoms with Crippen molar-refractivity contribution in [1.29, 1.82) is 0 Å². The predicted molar refractivity (Wildman–Crippen MR) is 79.9 cm³/mol. The number of hydrogen-bond donors (Lipinski definition) is 0. The summed E-state index contributed by atoms with van der Waals surface area (Å²) in [6, 6.07) is 3.99. The summed E-state index contributed by atoms with van der Waals surface area (Å²) in [5, 5.41) is 0.784. The number of halogens is 2. The fourth-order valence-electron chi connectivity index (χ4n) is 1.47. The lowest BCUT2D eigenvalue weighted by Crippen LogP contribution is -2.04. The highest BCUT2D eigenvalue weighted by Crippen LogP contribution is 2.37. The van der Waals surface area contributed by atoms with Crippen LogP contribution in [0, 0.1) is 0 Å². The van der Waals surface area contributed by atoms with E-state index in [1.165, 1.54) is 0 Å². The summed E-state index contributed by atoms with van der Waals surface area (Å²) in [4.78, 5) is 0. The van der Waals surface area contributed by atoms with E-state index in [2.05, 4.69) is 31.9 Å². The van der Waals surface area contributed by atoms with Crippen LogP contribution < -0.4 is 9.47 Å². The number of benzene rings is 1. The third-order valence-corrected chi connectivity index (χ3v) is 3.56. The van der Waals surface area contributed by atoms with Gasteiger partial charge in [-0.25, -0.2) is 0 Å². The first-order valence-corrected chi connectivity index (χ1v) is 7.77.